The van der Waals surface area contributed by atoms with Crippen LogP contribution in [0, 0.1) is 0 Å². The molecule has 2 aromatic rings. The third kappa shape index (κ3) is 3.39. The molecule has 1 aromatic carbocycles. The van der Waals surface area contributed by atoms with Crippen LogP contribution in [0.5, 0.6) is 5.88 Å². The summed E-state index contributed by atoms with van der Waals surface area (Å²) >= 11 is 6.38. The number of ketones is 1. The first kappa shape index (κ1) is 18.3. The number of benzene rings is 1. The van der Waals surface area contributed by atoms with Crippen molar-refractivity contribution in [3.05, 3.63) is 39.5 Å². The number of nitrogens with zero attached hydrogens (tertiary/aromatic N) is 2. The minimum absolute atomic E-state index is 0.0757. The molecule has 2 rings (SSSR count). The predicted molar refractivity (Wildman–Crippen MR) is 92.9 cm³/mol. The van der Waals surface area contributed by atoms with Gasteiger partial charge in [0, 0.05) is 19.7 Å². The molecule has 0 saturated heterocycles. The van der Waals surface area contributed by atoms with Crippen molar-refractivity contribution in [1.29, 1.82) is 0 Å². The predicted octanol–water partition coefficient (Wildman–Crippen LogP) is 1.74. The fourth-order valence-electron chi connectivity index (χ4n) is 2.53. The molecule has 9 heteroatoms. The van der Waals surface area contributed by atoms with E-state index < -0.39 is 16.5 Å². The topological polar surface area (TPSA) is 103 Å². The molecule has 130 valence electrons. The molecule has 0 unspecified atom stereocenters. The van der Waals surface area contributed by atoms with E-state index in [-0.39, 0.29) is 27.8 Å². The Morgan fingerprint density at radius 1 is 1.38 bits per heavy atom. The summed E-state index contributed by atoms with van der Waals surface area (Å²) in [4.78, 5) is 14.5. The third-order valence-electron chi connectivity index (χ3n) is 3.58. The van der Waals surface area contributed by atoms with Crippen LogP contribution < -0.4 is 4.90 Å². The van der Waals surface area contributed by atoms with Crippen molar-refractivity contribution in [2.24, 2.45) is 0 Å². The number of aryl methyl sites for hydroxylation is 1. The van der Waals surface area contributed by atoms with E-state index in [2.05, 4.69) is 10.2 Å². The number of hydrogen-bond donors (Lipinski definition) is 3. The second kappa shape index (κ2) is 7.23. The summed E-state index contributed by atoms with van der Waals surface area (Å²) in [5.74, 6) is -0.955. The van der Waals surface area contributed by atoms with E-state index >= 15 is 0 Å². The average molecular weight is 372 g/mol. The largest absolute Gasteiger partial charge is 0.493 e. The summed E-state index contributed by atoms with van der Waals surface area (Å²) in [5.41, 5.74) is 1.66. The smallest absolute Gasteiger partial charge is 0.218 e. The van der Waals surface area contributed by atoms with Gasteiger partial charge in [-0.05, 0) is 18.1 Å². The van der Waals surface area contributed by atoms with Gasteiger partial charge in [-0.1, -0.05) is 24.6 Å². The Kier molecular flexibility index (Phi) is 5.51. The summed E-state index contributed by atoms with van der Waals surface area (Å²) < 4.78 is 22.1. The molecule has 7 nitrogen and oxygen atoms in total. The number of aromatic nitrogens is 2. The van der Waals surface area contributed by atoms with Crippen molar-refractivity contribution in [3.8, 4) is 5.88 Å². The normalized spacial score (nSPS) is 11.0. The van der Waals surface area contributed by atoms with Gasteiger partial charge in [0.2, 0.25) is 11.7 Å². The van der Waals surface area contributed by atoms with Crippen molar-refractivity contribution >= 4 is 33.8 Å². The lowest BCUT2D eigenvalue weighted by Gasteiger charge is -2.20. The molecule has 0 spiro atoms. The zero-order valence-electron chi connectivity index (χ0n) is 13.5. The highest BCUT2D eigenvalue weighted by atomic mass is 35.5. The van der Waals surface area contributed by atoms with E-state index in [1.54, 1.807) is 25.1 Å². The lowest BCUT2D eigenvalue weighted by Crippen LogP contribution is -2.15. The SMILES string of the molecule is CCc1n[nH]c(O)c1C(=O)c1ccc(C[SH](=O)=O)c(N(C)C)c1Cl. The monoisotopic (exact) mass is 371 g/mol. The number of anilines is 1. The van der Waals surface area contributed by atoms with Crippen LogP contribution in [0.3, 0.4) is 0 Å². The van der Waals surface area contributed by atoms with E-state index in [0.717, 1.165) is 0 Å². The van der Waals surface area contributed by atoms with Crippen molar-refractivity contribution < 1.29 is 18.3 Å². The summed E-state index contributed by atoms with van der Waals surface area (Å²) in [6.45, 7) is 1.81. The summed E-state index contributed by atoms with van der Waals surface area (Å²) in [7, 11) is 0.794. The number of halogens is 1. The molecule has 0 amide bonds. The second-order valence-electron chi connectivity index (χ2n) is 5.40. The van der Waals surface area contributed by atoms with E-state index in [1.807, 2.05) is 6.92 Å². The minimum Gasteiger partial charge on any atom is -0.493 e. The summed E-state index contributed by atoms with van der Waals surface area (Å²) in [6.07, 6.45) is 0.463. The van der Waals surface area contributed by atoms with Gasteiger partial charge < -0.3 is 10.0 Å². The average Bonchev–Trinajstić information content (AvgIpc) is 2.86. The molecule has 1 heterocycles. The first-order valence-electron chi connectivity index (χ1n) is 7.19. The van der Waals surface area contributed by atoms with Gasteiger partial charge in [-0.15, -0.1) is 0 Å². The molecule has 0 saturated carbocycles. The highest BCUT2D eigenvalue weighted by molar-refractivity contribution is 7.71. The van der Waals surface area contributed by atoms with Crippen LogP contribution in [0.25, 0.3) is 0 Å². The first-order valence-corrected chi connectivity index (χ1v) is 8.93. The molecular formula is C15H18ClN3O4S. The Bertz CT molecular complexity index is 851. The fraction of sp³-hybridized carbons (Fsp3) is 0.333. The lowest BCUT2D eigenvalue weighted by atomic mass is 9.99. The maximum absolute atomic E-state index is 12.8. The summed E-state index contributed by atoms with van der Waals surface area (Å²) in [5, 5.41) is 16.3. The zero-order valence-corrected chi connectivity index (χ0v) is 15.1. The van der Waals surface area contributed by atoms with Crippen LogP contribution in [-0.4, -0.2) is 43.6 Å². The zero-order chi connectivity index (χ0) is 18.0. The molecule has 0 aliphatic carbocycles. The number of aromatic hydroxyl groups is 1. The Hall–Kier alpha value is -2.06. The van der Waals surface area contributed by atoms with Crippen molar-refractivity contribution in [2.75, 3.05) is 19.0 Å². The molecule has 0 bridgehead atoms. The van der Waals surface area contributed by atoms with E-state index in [0.29, 0.717) is 23.4 Å². The van der Waals surface area contributed by atoms with Gasteiger partial charge in [-0.2, -0.15) is 5.10 Å². The van der Waals surface area contributed by atoms with Crippen LogP contribution in [0.1, 0.15) is 34.1 Å². The van der Waals surface area contributed by atoms with E-state index in [4.69, 9.17) is 11.6 Å². The van der Waals surface area contributed by atoms with Gasteiger partial charge in [0.05, 0.1) is 22.2 Å². The van der Waals surface area contributed by atoms with Crippen molar-refractivity contribution in [3.63, 3.8) is 0 Å². The third-order valence-corrected chi connectivity index (χ3v) is 4.56. The molecule has 0 atom stereocenters. The van der Waals surface area contributed by atoms with Crippen LogP contribution in [-0.2, 0) is 22.9 Å². The number of rotatable bonds is 6. The quantitative estimate of drug-likeness (QED) is 0.528. The van der Waals surface area contributed by atoms with Crippen LogP contribution in [0.15, 0.2) is 12.1 Å². The number of H-pyrrole nitrogens is 1. The Labute approximate surface area is 146 Å². The highest BCUT2D eigenvalue weighted by Crippen LogP contribution is 2.35. The van der Waals surface area contributed by atoms with Crippen molar-refractivity contribution in [1.82, 2.24) is 10.2 Å². The van der Waals surface area contributed by atoms with Gasteiger partial charge in [0.15, 0.2) is 0 Å². The number of carbonyl (C=O) groups excluding carboxylic acids is 1. The number of nitrogens with one attached hydrogen (secondary N) is 1. The van der Waals surface area contributed by atoms with Gasteiger partial charge in [-0.3, -0.25) is 4.79 Å². The molecule has 0 aliphatic rings. The van der Waals surface area contributed by atoms with Crippen LogP contribution in [0.2, 0.25) is 5.02 Å². The number of carbonyl (C=O) groups is 1. The Morgan fingerprint density at radius 3 is 2.58 bits per heavy atom. The number of hydrogen-bond acceptors (Lipinski definition) is 6. The molecule has 24 heavy (non-hydrogen) atoms. The van der Waals surface area contributed by atoms with Crippen LogP contribution >= 0.6 is 11.6 Å². The molecular weight excluding hydrogens is 354 g/mol. The fourth-order valence-corrected chi connectivity index (χ4v) is 3.50. The van der Waals surface area contributed by atoms with Gasteiger partial charge in [0.25, 0.3) is 0 Å². The minimum atomic E-state index is -2.63. The number of thiol groups is 1. The van der Waals surface area contributed by atoms with Gasteiger partial charge >= 0.3 is 0 Å². The molecule has 0 radical (unpaired) electrons. The molecule has 1 aromatic heterocycles. The number of aromatic amines is 1. The standard InChI is InChI=1S/C15H18ClN3O4S/c1-4-10-11(15(21)18-17-10)14(20)9-6-5-8(7-24(22)23)13(12(9)16)19(2)3/h5-6,24H,4,7H2,1-3H3,(H2,17,18,21). The van der Waals surface area contributed by atoms with Crippen molar-refractivity contribution in [2.45, 2.75) is 19.1 Å². The first-order chi connectivity index (χ1) is 11.3. The summed E-state index contributed by atoms with van der Waals surface area (Å²) in [6, 6.07) is 3.03. The maximum Gasteiger partial charge on any atom is 0.218 e. The van der Waals surface area contributed by atoms with E-state index in [1.165, 1.54) is 6.07 Å². The van der Waals surface area contributed by atoms with Gasteiger partial charge in [0.1, 0.15) is 16.3 Å². The molecule has 0 fully saturated rings. The maximum atomic E-state index is 12.8. The van der Waals surface area contributed by atoms with E-state index in [9.17, 15) is 18.3 Å². The van der Waals surface area contributed by atoms with Crippen LogP contribution in [0.4, 0.5) is 5.69 Å². The second-order valence-corrected chi connectivity index (χ2v) is 6.76. The lowest BCUT2D eigenvalue weighted by molar-refractivity contribution is 0.103. The van der Waals surface area contributed by atoms with Gasteiger partial charge in [-0.25, -0.2) is 13.5 Å². The highest BCUT2D eigenvalue weighted by Gasteiger charge is 2.25. The molecule has 0 aliphatic heterocycles. The molecule has 2 N–H and O–H groups in total. The Balaban J connectivity index is 2.61. The Morgan fingerprint density at radius 2 is 2.04 bits per heavy atom.